The van der Waals surface area contributed by atoms with Crippen LogP contribution < -0.4 is 4.74 Å². The zero-order valence-electron chi connectivity index (χ0n) is 14.0. The van der Waals surface area contributed by atoms with Crippen molar-refractivity contribution in [1.29, 1.82) is 0 Å². The first-order valence-electron chi connectivity index (χ1n) is 8.19. The molecule has 1 saturated heterocycles. The van der Waals surface area contributed by atoms with Crippen LogP contribution >= 0.6 is 0 Å². The normalized spacial score (nSPS) is 17.4. The smallest absolute Gasteiger partial charge is 0.276 e. The molecule has 3 rings (SSSR count). The largest absolute Gasteiger partial charge is 0.486 e. The van der Waals surface area contributed by atoms with Crippen molar-refractivity contribution in [3.63, 3.8) is 0 Å². The minimum atomic E-state index is -0.481. The van der Waals surface area contributed by atoms with E-state index in [9.17, 15) is 14.7 Å². The molecular formula is C18H20N2O5. The summed E-state index contributed by atoms with van der Waals surface area (Å²) in [7, 11) is 0. The van der Waals surface area contributed by atoms with E-state index in [1.165, 1.54) is 6.92 Å². The number of ketones is 1. The molecule has 1 aromatic heterocycles. The lowest BCUT2D eigenvalue weighted by molar-refractivity contribution is 0.0465. The monoisotopic (exact) mass is 344 g/mol. The first-order valence-corrected chi connectivity index (χ1v) is 8.19. The summed E-state index contributed by atoms with van der Waals surface area (Å²) in [6.07, 6.45) is 1.01. The maximum Gasteiger partial charge on any atom is 0.276 e. The summed E-state index contributed by atoms with van der Waals surface area (Å²) in [4.78, 5) is 25.2. The van der Waals surface area contributed by atoms with Crippen LogP contribution in [0.1, 0.15) is 46.4 Å². The number of β-amino-alcohol motifs (C(OH)–C–C–N with tert-alkyl or cyclic N) is 1. The summed E-state index contributed by atoms with van der Waals surface area (Å²) in [5, 5.41) is 13.5. The molecule has 1 amide bonds. The highest BCUT2D eigenvalue weighted by molar-refractivity contribution is 5.94. The summed E-state index contributed by atoms with van der Waals surface area (Å²) >= 11 is 0. The topological polar surface area (TPSA) is 92.9 Å². The van der Waals surface area contributed by atoms with Crippen molar-refractivity contribution in [2.45, 2.75) is 32.5 Å². The Morgan fingerprint density at radius 3 is 2.80 bits per heavy atom. The number of aliphatic hydroxyl groups excluding tert-OH is 1. The molecule has 1 atom stereocenters. The number of ether oxygens (including phenoxy) is 1. The Hall–Kier alpha value is -2.67. The Bertz CT molecular complexity index is 753. The van der Waals surface area contributed by atoms with E-state index in [1.54, 1.807) is 35.2 Å². The quantitative estimate of drug-likeness (QED) is 0.835. The van der Waals surface area contributed by atoms with Crippen molar-refractivity contribution in [2.75, 3.05) is 13.1 Å². The molecule has 1 fully saturated rings. The highest BCUT2D eigenvalue weighted by Gasteiger charge is 2.25. The maximum absolute atomic E-state index is 12.4. The number of hydrogen-bond acceptors (Lipinski definition) is 6. The van der Waals surface area contributed by atoms with Crippen molar-refractivity contribution < 1.29 is 24.0 Å². The van der Waals surface area contributed by atoms with Crippen molar-refractivity contribution in [3.05, 3.63) is 47.3 Å². The molecule has 1 aliphatic rings. The SMILES string of the molecule is CC(=O)c1ccc(OCc2cc(C(=O)N3CCC[C@H](O)C3)no2)cc1. The predicted octanol–water partition coefficient (Wildman–Crippen LogP) is 2.05. The summed E-state index contributed by atoms with van der Waals surface area (Å²) < 4.78 is 10.7. The number of aliphatic hydroxyl groups is 1. The maximum atomic E-state index is 12.4. The number of hydrogen-bond donors (Lipinski definition) is 1. The molecule has 2 heterocycles. The number of benzene rings is 1. The molecule has 7 heteroatoms. The number of carbonyl (C=O) groups excluding carboxylic acids is 2. The van der Waals surface area contributed by atoms with Gasteiger partial charge in [-0.3, -0.25) is 9.59 Å². The Kier molecular flexibility index (Phi) is 5.14. The molecule has 1 aliphatic heterocycles. The third-order valence-corrected chi connectivity index (χ3v) is 4.10. The Morgan fingerprint density at radius 1 is 1.36 bits per heavy atom. The number of nitrogens with zero attached hydrogens (tertiary/aromatic N) is 2. The molecule has 0 saturated carbocycles. The lowest BCUT2D eigenvalue weighted by atomic mass is 10.1. The first kappa shape index (κ1) is 17.2. The minimum absolute atomic E-state index is 0.00669. The number of piperidine rings is 1. The van der Waals surface area contributed by atoms with Gasteiger partial charge < -0.3 is 19.3 Å². The third-order valence-electron chi connectivity index (χ3n) is 4.10. The van der Waals surface area contributed by atoms with Crippen LogP contribution in [0.15, 0.2) is 34.9 Å². The average Bonchev–Trinajstić information content (AvgIpc) is 3.08. The molecule has 0 bridgehead atoms. The van der Waals surface area contributed by atoms with E-state index in [0.29, 0.717) is 36.6 Å². The second-order valence-electron chi connectivity index (χ2n) is 6.09. The van der Waals surface area contributed by atoms with Gasteiger partial charge in [-0.25, -0.2) is 0 Å². The van der Waals surface area contributed by atoms with Gasteiger partial charge in [0.15, 0.2) is 17.2 Å². The van der Waals surface area contributed by atoms with Gasteiger partial charge in [-0.05, 0) is 44.0 Å². The van der Waals surface area contributed by atoms with Gasteiger partial charge in [-0.1, -0.05) is 5.16 Å². The fraction of sp³-hybridized carbons (Fsp3) is 0.389. The van der Waals surface area contributed by atoms with E-state index in [1.807, 2.05) is 0 Å². The van der Waals surface area contributed by atoms with E-state index in [-0.39, 0.29) is 24.0 Å². The lowest BCUT2D eigenvalue weighted by Crippen LogP contribution is -2.42. The van der Waals surface area contributed by atoms with Gasteiger partial charge in [0.25, 0.3) is 5.91 Å². The molecule has 0 radical (unpaired) electrons. The standard InChI is InChI=1S/C18H20N2O5/c1-12(21)13-4-6-15(7-5-13)24-11-16-9-17(19-25-16)18(23)20-8-2-3-14(22)10-20/h4-7,9,14,22H,2-3,8,10-11H2,1H3/t14-/m0/s1. The number of carbonyl (C=O) groups is 2. The fourth-order valence-corrected chi connectivity index (χ4v) is 2.72. The minimum Gasteiger partial charge on any atom is -0.486 e. The van der Waals surface area contributed by atoms with Gasteiger partial charge in [0.2, 0.25) is 0 Å². The first-order chi connectivity index (χ1) is 12.0. The molecule has 1 N–H and O–H groups in total. The predicted molar refractivity (Wildman–Crippen MR) is 88.4 cm³/mol. The summed E-state index contributed by atoms with van der Waals surface area (Å²) in [6.45, 7) is 2.56. The summed E-state index contributed by atoms with van der Waals surface area (Å²) in [6, 6.07) is 8.33. The number of aromatic nitrogens is 1. The second-order valence-corrected chi connectivity index (χ2v) is 6.09. The average molecular weight is 344 g/mol. The van der Waals surface area contributed by atoms with Gasteiger partial charge >= 0.3 is 0 Å². The Labute approximate surface area is 145 Å². The van der Waals surface area contributed by atoms with Crippen LogP contribution in [-0.4, -0.2) is 46.0 Å². The van der Waals surface area contributed by atoms with Crippen LogP contribution in [-0.2, 0) is 6.61 Å². The van der Waals surface area contributed by atoms with E-state index < -0.39 is 6.10 Å². The fourth-order valence-electron chi connectivity index (χ4n) is 2.72. The van der Waals surface area contributed by atoms with Crippen molar-refractivity contribution in [3.8, 4) is 5.75 Å². The second kappa shape index (κ2) is 7.48. The molecule has 0 unspecified atom stereocenters. The zero-order chi connectivity index (χ0) is 17.8. The summed E-state index contributed by atoms with van der Waals surface area (Å²) in [5.41, 5.74) is 0.822. The van der Waals surface area contributed by atoms with Crippen LogP contribution in [0, 0.1) is 0 Å². The highest BCUT2D eigenvalue weighted by Crippen LogP contribution is 2.17. The lowest BCUT2D eigenvalue weighted by Gasteiger charge is -2.29. The van der Waals surface area contributed by atoms with Gasteiger partial charge in [-0.2, -0.15) is 0 Å². The number of likely N-dealkylation sites (tertiary alicyclic amines) is 1. The van der Waals surface area contributed by atoms with E-state index >= 15 is 0 Å². The number of rotatable bonds is 5. The molecule has 0 spiro atoms. The van der Waals surface area contributed by atoms with E-state index in [4.69, 9.17) is 9.26 Å². The van der Waals surface area contributed by atoms with Gasteiger partial charge in [0.05, 0.1) is 6.10 Å². The molecule has 132 valence electrons. The van der Waals surface area contributed by atoms with Crippen molar-refractivity contribution in [2.24, 2.45) is 0 Å². The molecule has 2 aromatic rings. The van der Waals surface area contributed by atoms with Crippen LogP contribution in [0.4, 0.5) is 0 Å². The van der Waals surface area contributed by atoms with Crippen LogP contribution in [0.2, 0.25) is 0 Å². The van der Waals surface area contributed by atoms with Crippen molar-refractivity contribution in [1.82, 2.24) is 10.1 Å². The van der Waals surface area contributed by atoms with Crippen molar-refractivity contribution >= 4 is 11.7 Å². The molecule has 1 aromatic carbocycles. The third kappa shape index (κ3) is 4.24. The van der Waals surface area contributed by atoms with Gasteiger partial charge in [-0.15, -0.1) is 0 Å². The number of amides is 1. The van der Waals surface area contributed by atoms with E-state index in [0.717, 1.165) is 6.42 Å². The molecule has 7 nitrogen and oxygen atoms in total. The van der Waals surface area contributed by atoms with Gasteiger partial charge in [0, 0.05) is 24.7 Å². The summed E-state index contributed by atoms with van der Waals surface area (Å²) in [5.74, 6) is 0.761. The van der Waals surface area contributed by atoms with Crippen LogP contribution in [0.3, 0.4) is 0 Å². The molecule has 25 heavy (non-hydrogen) atoms. The van der Waals surface area contributed by atoms with E-state index in [2.05, 4.69) is 5.16 Å². The molecule has 0 aliphatic carbocycles. The number of Topliss-reactive ketones (excluding diaryl/α,β-unsaturated/α-hetero) is 1. The van der Waals surface area contributed by atoms with Gasteiger partial charge in [0.1, 0.15) is 12.4 Å². The Morgan fingerprint density at radius 2 is 2.12 bits per heavy atom. The molecular weight excluding hydrogens is 324 g/mol. The highest BCUT2D eigenvalue weighted by atomic mass is 16.5. The van der Waals surface area contributed by atoms with Crippen LogP contribution in [0.5, 0.6) is 5.75 Å². The Balaban J connectivity index is 1.58. The zero-order valence-corrected chi connectivity index (χ0v) is 14.0. The van der Waals surface area contributed by atoms with Crippen LogP contribution in [0.25, 0.3) is 0 Å².